The molecule has 0 bridgehead atoms. The molecule has 0 saturated heterocycles. The molecule has 32 heavy (non-hydrogen) atoms. The van der Waals surface area contributed by atoms with Gasteiger partial charge in [0, 0.05) is 17.9 Å². The number of halogens is 2. The van der Waals surface area contributed by atoms with E-state index in [9.17, 15) is 23.9 Å². The van der Waals surface area contributed by atoms with Crippen LogP contribution in [0.3, 0.4) is 0 Å². The topological polar surface area (TPSA) is 100 Å². The summed E-state index contributed by atoms with van der Waals surface area (Å²) in [5.41, 5.74) is 1.54. The molecule has 2 aliphatic rings. The summed E-state index contributed by atoms with van der Waals surface area (Å²) in [6, 6.07) is 3.75. The molecule has 0 spiro atoms. The molecule has 2 aromatic rings. The van der Waals surface area contributed by atoms with Gasteiger partial charge in [0.15, 0.2) is 0 Å². The van der Waals surface area contributed by atoms with Crippen LogP contribution in [0.15, 0.2) is 18.2 Å². The molecule has 170 valence electrons. The van der Waals surface area contributed by atoms with E-state index < -0.39 is 29.7 Å². The second-order valence-electron chi connectivity index (χ2n) is 8.42. The Bertz CT molecular complexity index is 1100. The van der Waals surface area contributed by atoms with Crippen LogP contribution in [0.1, 0.15) is 64.2 Å². The molecule has 2 amide bonds. The zero-order chi connectivity index (χ0) is 23.0. The summed E-state index contributed by atoms with van der Waals surface area (Å²) >= 11 is 6.53. The van der Waals surface area contributed by atoms with Crippen molar-refractivity contribution in [3.63, 3.8) is 0 Å². The third-order valence-electron chi connectivity index (χ3n) is 6.22. The van der Waals surface area contributed by atoms with Gasteiger partial charge in [0.05, 0.1) is 22.7 Å². The lowest BCUT2D eigenvalue weighted by atomic mass is 10.1. The number of fused-ring (bicyclic) bond motifs is 1. The summed E-state index contributed by atoms with van der Waals surface area (Å²) in [6.45, 7) is 2.06. The van der Waals surface area contributed by atoms with Crippen LogP contribution in [-0.4, -0.2) is 39.4 Å². The minimum atomic E-state index is -0.843. The van der Waals surface area contributed by atoms with Gasteiger partial charge in [0.1, 0.15) is 11.5 Å². The molecule has 1 aromatic heterocycles. The molecular formula is C23H25ClFN3O4. The summed E-state index contributed by atoms with van der Waals surface area (Å²) in [5.74, 6) is -2.57. The molecule has 0 radical (unpaired) electrons. The van der Waals surface area contributed by atoms with Gasteiger partial charge >= 0.3 is 0 Å². The average molecular weight is 462 g/mol. The largest absolute Gasteiger partial charge is 0.391 e. The number of rotatable bonds is 5. The number of aliphatic hydroxyl groups excluding tert-OH is 1. The fraction of sp³-hybridized carbons (Fsp3) is 0.435. The summed E-state index contributed by atoms with van der Waals surface area (Å²) in [5, 5.41) is 15.2. The van der Waals surface area contributed by atoms with Gasteiger partial charge in [-0.05, 0) is 69.2 Å². The molecule has 1 aliphatic heterocycles. The molecule has 3 N–H and O–H groups in total. The van der Waals surface area contributed by atoms with Gasteiger partial charge in [0.2, 0.25) is 0 Å². The Morgan fingerprint density at radius 3 is 2.66 bits per heavy atom. The number of aliphatic hydroxyl groups is 1. The first-order chi connectivity index (χ1) is 15.3. The summed E-state index contributed by atoms with van der Waals surface area (Å²) in [4.78, 5) is 38.8. The van der Waals surface area contributed by atoms with Crippen LogP contribution >= 0.6 is 11.6 Å². The van der Waals surface area contributed by atoms with Gasteiger partial charge in [-0.25, -0.2) is 4.39 Å². The molecule has 1 fully saturated rings. The van der Waals surface area contributed by atoms with Gasteiger partial charge in [-0.3, -0.25) is 14.4 Å². The number of nitrogens with one attached hydrogen (secondary N) is 2. The van der Waals surface area contributed by atoms with Crippen molar-refractivity contribution in [1.29, 1.82) is 0 Å². The van der Waals surface area contributed by atoms with Gasteiger partial charge in [-0.1, -0.05) is 11.6 Å². The number of Topliss-reactive ketones (excluding diaryl/α,β-unsaturated/α-hetero) is 1. The van der Waals surface area contributed by atoms with Crippen LogP contribution < -0.4 is 10.6 Å². The molecule has 1 aliphatic carbocycles. The zero-order valence-electron chi connectivity index (χ0n) is 17.7. The predicted octanol–water partition coefficient (Wildman–Crippen LogP) is 3.39. The van der Waals surface area contributed by atoms with Crippen molar-refractivity contribution in [2.45, 2.75) is 64.1 Å². The molecule has 1 saturated carbocycles. The van der Waals surface area contributed by atoms with Crippen LogP contribution in [0.5, 0.6) is 0 Å². The summed E-state index contributed by atoms with van der Waals surface area (Å²) in [6.07, 6.45) is 3.43. The Balaban J connectivity index is 1.64. The van der Waals surface area contributed by atoms with E-state index in [0.29, 0.717) is 42.8 Å². The molecule has 0 unspecified atom stereocenters. The average Bonchev–Trinajstić information content (AvgIpc) is 3.29. The quantitative estimate of drug-likeness (QED) is 0.469. The monoisotopic (exact) mass is 461 g/mol. The maximum absolute atomic E-state index is 13.6. The second kappa shape index (κ2) is 9.03. The minimum Gasteiger partial charge on any atom is -0.391 e. The molecule has 9 heteroatoms. The lowest BCUT2D eigenvalue weighted by molar-refractivity contribution is -0.118. The smallest absolute Gasteiger partial charge is 0.294 e. The van der Waals surface area contributed by atoms with Crippen LogP contribution in [0, 0.1) is 12.7 Å². The number of hydrogen-bond acceptors (Lipinski definition) is 4. The van der Waals surface area contributed by atoms with Crippen LogP contribution in [0.4, 0.5) is 10.1 Å². The van der Waals surface area contributed by atoms with Crippen molar-refractivity contribution < 1.29 is 23.9 Å². The number of ketones is 1. The second-order valence-corrected chi connectivity index (χ2v) is 8.80. The molecule has 1 aromatic carbocycles. The lowest BCUT2D eigenvalue weighted by Gasteiger charge is -2.19. The first kappa shape index (κ1) is 22.5. The minimum absolute atomic E-state index is 0.00760. The molecule has 7 nitrogen and oxygen atoms in total. The van der Waals surface area contributed by atoms with E-state index >= 15 is 0 Å². The lowest BCUT2D eigenvalue weighted by Crippen LogP contribution is -2.43. The van der Waals surface area contributed by atoms with Crippen molar-refractivity contribution in [3.8, 4) is 0 Å². The Kier molecular flexibility index (Phi) is 6.35. The van der Waals surface area contributed by atoms with E-state index in [2.05, 4.69) is 10.6 Å². The Labute approximate surface area is 189 Å². The van der Waals surface area contributed by atoms with E-state index in [1.807, 2.05) is 0 Å². The first-order valence-electron chi connectivity index (χ1n) is 10.8. The van der Waals surface area contributed by atoms with Gasteiger partial charge < -0.3 is 20.3 Å². The number of carbonyl (C=O) groups excluding carboxylic acids is 3. The van der Waals surface area contributed by atoms with Gasteiger partial charge in [-0.15, -0.1) is 0 Å². The fourth-order valence-electron chi connectivity index (χ4n) is 4.52. The highest BCUT2D eigenvalue weighted by atomic mass is 35.5. The maximum Gasteiger partial charge on any atom is 0.294 e. The Hall–Kier alpha value is -2.71. The van der Waals surface area contributed by atoms with Crippen LogP contribution in [0.25, 0.3) is 0 Å². The van der Waals surface area contributed by atoms with Crippen molar-refractivity contribution in [2.24, 2.45) is 0 Å². The standard InChI is InChI=1S/C23H25ClFN3O4/c1-12-11-13(8-9-14(12)25)26-22(31)18-16-6-2-3-10-28(16)20(19(18)24)21(30)23(32)27-15-5-4-7-17(15)29/h8-9,11,15,17,29H,2-7,10H2,1H3,(H,26,31)(H,27,32)/t15-,17-/m0/s1. The molecule has 2 atom stereocenters. The van der Waals surface area contributed by atoms with E-state index in [4.69, 9.17) is 11.6 Å². The zero-order valence-corrected chi connectivity index (χ0v) is 18.5. The number of anilines is 1. The predicted molar refractivity (Wildman–Crippen MR) is 118 cm³/mol. The summed E-state index contributed by atoms with van der Waals surface area (Å²) < 4.78 is 15.2. The van der Waals surface area contributed by atoms with Gasteiger partial charge in [-0.2, -0.15) is 0 Å². The van der Waals surface area contributed by atoms with E-state index in [-0.39, 0.29) is 22.1 Å². The highest BCUT2D eigenvalue weighted by molar-refractivity contribution is 6.48. The highest BCUT2D eigenvalue weighted by Gasteiger charge is 2.35. The Morgan fingerprint density at radius 2 is 1.97 bits per heavy atom. The van der Waals surface area contributed by atoms with E-state index in [1.54, 1.807) is 11.5 Å². The molecule has 2 heterocycles. The number of nitrogens with zero attached hydrogens (tertiary/aromatic N) is 1. The van der Waals surface area contributed by atoms with Gasteiger partial charge in [0.25, 0.3) is 17.6 Å². The third kappa shape index (κ3) is 4.17. The van der Waals surface area contributed by atoms with E-state index in [1.165, 1.54) is 18.2 Å². The first-order valence-corrected chi connectivity index (χ1v) is 11.2. The van der Waals surface area contributed by atoms with Crippen molar-refractivity contribution >= 4 is 34.9 Å². The Morgan fingerprint density at radius 1 is 1.19 bits per heavy atom. The van der Waals surface area contributed by atoms with Crippen LogP contribution in [-0.2, 0) is 17.8 Å². The highest BCUT2D eigenvalue weighted by Crippen LogP contribution is 2.33. The molecule has 4 rings (SSSR count). The summed E-state index contributed by atoms with van der Waals surface area (Å²) in [7, 11) is 0. The van der Waals surface area contributed by atoms with Crippen LogP contribution in [0.2, 0.25) is 5.02 Å². The number of hydrogen-bond donors (Lipinski definition) is 3. The van der Waals surface area contributed by atoms with E-state index in [0.717, 1.165) is 19.3 Å². The number of aromatic nitrogens is 1. The molecular weight excluding hydrogens is 437 g/mol. The normalized spacial score (nSPS) is 20.0. The number of aryl methyl sites for hydroxylation is 1. The van der Waals surface area contributed by atoms with Crippen molar-refractivity contribution in [3.05, 3.63) is 51.6 Å². The maximum atomic E-state index is 13.6. The number of carbonyl (C=O) groups is 3. The number of amides is 2. The SMILES string of the molecule is Cc1cc(NC(=O)c2c(Cl)c(C(=O)C(=O)N[C@H]3CCC[C@@H]3O)n3c2CCCC3)ccc1F. The number of benzene rings is 1. The third-order valence-corrected chi connectivity index (χ3v) is 6.59. The van der Waals surface area contributed by atoms with Crippen molar-refractivity contribution in [2.75, 3.05) is 5.32 Å². The fourth-order valence-corrected chi connectivity index (χ4v) is 4.90. The van der Waals surface area contributed by atoms with Crippen molar-refractivity contribution in [1.82, 2.24) is 9.88 Å².